The van der Waals surface area contributed by atoms with Crippen LogP contribution in [0.2, 0.25) is 5.02 Å². The maximum Gasteiger partial charge on any atom is 0.338 e. The fourth-order valence-electron chi connectivity index (χ4n) is 2.23. The summed E-state index contributed by atoms with van der Waals surface area (Å²) < 4.78 is 20.6. The number of halogens is 1. The summed E-state index contributed by atoms with van der Waals surface area (Å²) in [6.07, 6.45) is 0. The van der Waals surface area contributed by atoms with E-state index in [1.165, 1.54) is 20.3 Å². The maximum atomic E-state index is 12.2. The van der Waals surface area contributed by atoms with Gasteiger partial charge in [-0.15, -0.1) is 0 Å². The van der Waals surface area contributed by atoms with Crippen molar-refractivity contribution in [3.8, 4) is 22.9 Å². The summed E-state index contributed by atoms with van der Waals surface area (Å²) in [5.74, 6) is 0.946. The zero-order valence-electron chi connectivity index (χ0n) is 14.1. The number of carbonyl (C=O) groups is 1. The van der Waals surface area contributed by atoms with Crippen molar-refractivity contribution < 1.29 is 23.5 Å². The van der Waals surface area contributed by atoms with Crippen LogP contribution in [0.5, 0.6) is 11.5 Å². The van der Waals surface area contributed by atoms with Crippen LogP contribution >= 0.6 is 11.6 Å². The molecule has 0 spiro atoms. The molecule has 7 nitrogen and oxygen atoms in total. The molecule has 0 saturated carbocycles. The number of esters is 1. The molecule has 0 bridgehead atoms. The lowest BCUT2D eigenvalue weighted by Gasteiger charge is -2.08. The topological polar surface area (TPSA) is 83.7 Å². The molecule has 3 rings (SSSR count). The van der Waals surface area contributed by atoms with Crippen molar-refractivity contribution in [3.63, 3.8) is 0 Å². The minimum Gasteiger partial charge on any atom is -0.493 e. The SMILES string of the molecule is COc1ccc(C(=O)OCc2nc(-c3cccc(Cl)c3)no2)cc1OC. The smallest absolute Gasteiger partial charge is 0.338 e. The average molecular weight is 375 g/mol. The molecule has 0 aliphatic rings. The van der Waals surface area contributed by atoms with Crippen molar-refractivity contribution in [1.82, 2.24) is 10.1 Å². The molecule has 26 heavy (non-hydrogen) atoms. The van der Waals surface area contributed by atoms with E-state index in [2.05, 4.69) is 10.1 Å². The van der Waals surface area contributed by atoms with E-state index in [9.17, 15) is 4.79 Å². The molecule has 8 heteroatoms. The van der Waals surface area contributed by atoms with Gasteiger partial charge in [-0.1, -0.05) is 28.9 Å². The molecule has 0 fully saturated rings. The van der Waals surface area contributed by atoms with Crippen LogP contribution in [-0.4, -0.2) is 30.3 Å². The molecule has 1 heterocycles. The van der Waals surface area contributed by atoms with Crippen LogP contribution in [0.1, 0.15) is 16.2 Å². The van der Waals surface area contributed by atoms with Gasteiger partial charge in [0.05, 0.1) is 19.8 Å². The van der Waals surface area contributed by atoms with E-state index in [1.54, 1.807) is 36.4 Å². The van der Waals surface area contributed by atoms with Crippen molar-refractivity contribution in [3.05, 3.63) is 58.9 Å². The molecule has 0 saturated heterocycles. The third kappa shape index (κ3) is 3.94. The number of methoxy groups -OCH3 is 2. The Balaban J connectivity index is 1.67. The number of carbonyl (C=O) groups excluding carboxylic acids is 1. The highest BCUT2D eigenvalue weighted by atomic mass is 35.5. The molecule has 0 unspecified atom stereocenters. The van der Waals surface area contributed by atoms with Crippen molar-refractivity contribution in [2.45, 2.75) is 6.61 Å². The van der Waals surface area contributed by atoms with Crippen molar-refractivity contribution >= 4 is 17.6 Å². The summed E-state index contributed by atoms with van der Waals surface area (Å²) in [7, 11) is 3.01. The molecular formula is C18H15ClN2O5. The first-order valence-electron chi connectivity index (χ1n) is 7.58. The van der Waals surface area contributed by atoms with Crippen LogP contribution in [0.3, 0.4) is 0 Å². The Morgan fingerprint density at radius 2 is 1.92 bits per heavy atom. The van der Waals surface area contributed by atoms with E-state index in [4.69, 9.17) is 30.3 Å². The molecule has 134 valence electrons. The van der Waals surface area contributed by atoms with E-state index in [1.807, 2.05) is 0 Å². The molecule has 0 atom stereocenters. The summed E-state index contributed by atoms with van der Waals surface area (Å²) in [5.41, 5.74) is 1.02. The summed E-state index contributed by atoms with van der Waals surface area (Å²) in [4.78, 5) is 16.4. The second-order valence-electron chi connectivity index (χ2n) is 5.17. The monoisotopic (exact) mass is 374 g/mol. The summed E-state index contributed by atoms with van der Waals surface area (Å²) in [6, 6.07) is 11.8. The van der Waals surface area contributed by atoms with Crippen LogP contribution in [0.4, 0.5) is 0 Å². The van der Waals surface area contributed by atoms with Gasteiger partial charge in [-0.3, -0.25) is 0 Å². The first kappa shape index (κ1) is 17.8. The van der Waals surface area contributed by atoms with Gasteiger partial charge in [-0.25, -0.2) is 4.79 Å². The summed E-state index contributed by atoms with van der Waals surface area (Å²) >= 11 is 5.94. The van der Waals surface area contributed by atoms with Crippen LogP contribution in [-0.2, 0) is 11.3 Å². The third-order valence-electron chi connectivity index (χ3n) is 3.50. The Bertz CT molecular complexity index is 925. The molecule has 3 aromatic rings. The fraction of sp³-hybridized carbons (Fsp3) is 0.167. The van der Waals surface area contributed by atoms with Gasteiger partial charge in [0.1, 0.15) is 0 Å². The maximum absolute atomic E-state index is 12.2. The Morgan fingerprint density at radius 1 is 1.12 bits per heavy atom. The highest BCUT2D eigenvalue weighted by Gasteiger charge is 2.15. The molecular weight excluding hydrogens is 360 g/mol. The number of ether oxygens (including phenoxy) is 3. The molecule has 0 aliphatic heterocycles. The van der Waals surface area contributed by atoms with Gasteiger partial charge in [0.25, 0.3) is 5.89 Å². The van der Waals surface area contributed by atoms with E-state index < -0.39 is 5.97 Å². The Hall–Kier alpha value is -3.06. The van der Waals surface area contributed by atoms with Crippen LogP contribution in [0.15, 0.2) is 47.0 Å². The quantitative estimate of drug-likeness (QED) is 0.607. The highest BCUT2D eigenvalue weighted by molar-refractivity contribution is 6.30. The zero-order valence-corrected chi connectivity index (χ0v) is 14.8. The number of hydrogen-bond donors (Lipinski definition) is 0. The van der Waals surface area contributed by atoms with Crippen molar-refractivity contribution in [2.24, 2.45) is 0 Å². The number of hydrogen-bond acceptors (Lipinski definition) is 7. The zero-order chi connectivity index (χ0) is 18.5. The normalized spacial score (nSPS) is 10.4. The third-order valence-corrected chi connectivity index (χ3v) is 3.73. The molecule has 0 N–H and O–H groups in total. The Kier molecular flexibility index (Phi) is 5.38. The Labute approximate surface area is 154 Å². The van der Waals surface area contributed by atoms with Gasteiger partial charge in [-0.2, -0.15) is 4.98 Å². The lowest BCUT2D eigenvalue weighted by molar-refractivity contribution is 0.0429. The van der Waals surface area contributed by atoms with Crippen LogP contribution in [0, 0.1) is 0 Å². The number of aromatic nitrogens is 2. The second-order valence-corrected chi connectivity index (χ2v) is 5.60. The van der Waals surface area contributed by atoms with E-state index in [-0.39, 0.29) is 12.5 Å². The van der Waals surface area contributed by atoms with Gasteiger partial charge >= 0.3 is 5.97 Å². The van der Waals surface area contributed by atoms with Gasteiger partial charge in [0.2, 0.25) is 5.82 Å². The first-order chi connectivity index (χ1) is 12.6. The minimum absolute atomic E-state index is 0.152. The number of benzene rings is 2. The van der Waals surface area contributed by atoms with Crippen molar-refractivity contribution in [2.75, 3.05) is 14.2 Å². The van der Waals surface area contributed by atoms with Gasteiger partial charge in [0.15, 0.2) is 18.1 Å². The molecule has 0 radical (unpaired) electrons. The lowest BCUT2D eigenvalue weighted by atomic mass is 10.2. The van der Waals surface area contributed by atoms with Crippen LogP contribution in [0.25, 0.3) is 11.4 Å². The van der Waals surface area contributed by atoms with E-state index >= 15 is 0 Å². The van der Waals surface area contributed by atoms with E-state index in [0.29, 0.717) is 33.5 Å². The molecule has 0 aliphatic carbocycles. The van der Waals surface area contributed by atoms with Gasteiger partial charge in [0, 0.05) is 10.6 Å². The number of nitrogens with zero attached hydrogens (tertiary/aromatic N) is 2. The lowest BCUT2D eigenvalue weighted by Crippen LogP contribution is -2.06. The first-order valence-corrected chi connectivity index (χ1v) is 7.96. The minimum atomic E-state index is -0.548. The average Bonchev–Trinajstić information content (AvgIpc) is 3.14. The summed E-state index contributed by atoms with van der Waals surface area (Å²) in [5, 5.41) is 4.42. The molecule has 1 aromatic heterocycles. The van der Waals surface area contributed by atoms with Gasteiger partial charge < -0.3 is 18.7 Å². The largest absolute Gasteiger partial charge is 0.493 e. The predicted molar refractivity (Wildman–Crippen MR) is 93.4 cm³/mol. The number of rotatable bonds is 6. The summed E-state index contributed by atoms with van der Waals surface area (Å²) in [6.45, 7) is -0.152. The fourth-order valence-corrected chi connectivity index (χ4v) is 2.42. The second kappa shape index (κ2) is 7.88. The van der Waals surface area contributed by atoms with Crippen LogP contribution < -0.4 is 9.47 Å². The molecule has 0 amide bonds. The van der Waals surface area contributed by atoms with Gasteiger partial charge in [-0.05, 0) is 30.3 Å². The highest BCUT2D eigenvalue weighted by Crippen LogP contribution is 2.28. The Morgan fingerprint density at radius 3 is 2.65 bits per heavy atom. The standard InChI is InChI=1S/C18H15ClN2O5/c1-23-14-7-6-12(9-15(14)24-2)18(22)25-10-16-20-17(21-26-16)11-4-3-5-13(19)8-11/h3-9H,10H2,1-2H3. The molecule has 2 aromatic carbocycles. The van der Waals surface area contributed by atoms with E-state index in [0.717, 1.165) is 0 Å². The van der Waals surface area contributed by atoms with Crippen molar-refractivity contribution in [1.29, 1.82) is 0 Å². The predicted octanol–water partition coefficient (Wildman–Crippen LogP) is 3.76.